The molecule has 0 saturated heterocycles. The number of hydrogen-bond donors (Lipinski definition) is 1. The Morgan fingerprint density at radius 3 is 2.57 bits per heavy atom. The van der Waals surface area contributed by atoms with Gasteiger partial charge in [0.15, 0.2) is 0 Å². The fourth-order valence-corrected chi connectivity index (χ4v) is 2.98. The molecule has 0 aromatic heterocycles. The first-order valence-electron chi connectivity index (χ1n) is 5.26. The van der Waals surface area contributed by atoms with Gasteiger partial charge in [-0.05, 0) is 37.3 Å². The first-order chi connectivity index (χ1) is 6.78. The Morgan fingerprint density at radius 2 is 1.93 bits per heavy atom. The van der Waals surface area contributed by atoms with Gasteiger partial charge >= 0.3 is 0 Å². The molecule has 2 saturated carbocycles. The van der Waals surface area contributed by atoms with Crippen molar-refractivity contribution in [1.82, 2.24) is 0 Å². The Labute approximate surface area is 88.5 Å². The molecule has 1 N–H and O–H groups in total. The summed E-state index contributed by atoms with van der Waals surface area (Å²) in [7, 11) is 0. The van der Waals surface area contributed by atoms with Gasteiger partial charge in [0.1, 0.15) is 0 Å². The Balaban J connectivity index is 1.92. The maximum absolute atomic E-state index is 10.1. The van der Waals surface area contributed by atoms with E-state index in [2.05, 4.69) is 18.2 Å². The van der Waals surface area contributed by atoms with Crippen molar-refractivity contribution in [2.45, 2.75) is 41.4 Å². The van der Waals surface area contributed by atoms with Crippen LogP contribution in [-0.4, -0.2) is 10.4 Å². The van der Waals surface area contributed by atoms with Gasteiger partial charge in [0.05, 0.1) is 5.60 Å². The minimum absolute atomic E-state index is 0.474. The van der Waals surface area contributed by atoms with Crippen molar-refractivity contribution in [3.05, 3.63) is 29.8 Å². The van der Waals surface area contributed by atoms with Gasteiger partial charge in [-0.3, -0.25) is 0 Å². The van der Waals surface area contributed by atoms with E-state index in [1.165, 1.54) is 17.7 Å². The van der Waals surface area contributed by atoms with Crippen LogP contribution in [0.2, 0.25) is 0 Å². The van der Waals surface area contributed by atoms with Crippen molar-refractivity contribution < 1.29 is 5.11 Å². The van der Waals surface area contributed by atoms with Crippen LogP contribution < -0.4 is 0 Å². The van der Waals surface area contributed by atoms with E-state index >= 15 is 0 Å². The molecule has 0 unspecified atom stereocenters. The van der Waals surface area contributed by atoms with Gasteiger partial charge in [0, 0.05) is 10.1 Å². The molecule has 2 aliphatic carbocycles. The van der Waals surface area contributed by atoms with E-state index < -0.39 is 5.60 Å². The zero-order chi connectivity index (χ0) is 9.60. The van der Waals surface area contributed by atoms with Crippen LogP contribution in [0.5, 0.6) is 0 Å². The highest BCUT2D eigenvalue weighted by Crippen LogP contribution is 2.50. The highest BCUT2D eigenvalue weighted by atomic mass is 32.2. The lowest BCUT2D eigenvalue weighted by atomic mass is 10.1. The number of hydrogen-bond acceptors (Lipinski definition) is 2. The summed E-state index contributed by atoms with van der Waals surface area (Å²) in [4.78, 5) is 1.30. The van der Waals surface area contributed by atoms with Crippen molar-refractivity contribution in [3.63, 3.8) is 0 Å². The first-order valence-corrected chi connectivity index (χ1v) is 6.14. The maximum atomic E-state index is 10.1. The summed E-state index contributed by atoms with van der Waals surface area (Å²) in [5.74, 6) is 0. The summed E-state index contributed by atoms with van der Waals surface area (Å²) < 4.78 is 0. The number of rotatable bonds is 3. The molecule has 0 radical (unpaired) electrons. The van der Waals surface area contributed by atoms with Crippen LogP contribution in [0.15, 0.2) is 29.2 Å². The van der Waals surface area contributed by atoms with Gasteiger partial charge in [-0.25, -0.2) is 0 Å². The second-order valence-electron chi connectivity index (χ2n) is 4.34. The molecule has 74 valence electrons. The minimum atomic E-state index is -0.474. The third kappa shape index (κ3) is 1.57. The average Bonchev–Trinajstić information content (AvgIpc) is 3.06. The second kappa shape index (κ2) is 3.01. The molecule has 0 aliphatic heterocycles. The van der Waals surface area contributed by atoms with Crippen LogP contribution in [0.4, 0.5) is 0 Å². The third-order valence-electron chi connectivity index (χ3n) is 2.93. The Morgan fingerprint density at radius 1 is 1.21 bits per heavy atom. The van der Waals surface area contributed by atoms with E-state index in [9.17, 15) is 5.11 Å². The molecule has 2 heteroatoms. The van der Waals surface area contributed by atoms with Gasteiger partial charge in [0.2, 0.25) is 0 Å². The maximum Gasteiger partial charge on any atom is 0.0909 e. The Hall–Kier alpha value is -0.470. The highest BCUT2D eigenvalue weighted by molar-refractivity contribution is 8.00. The molecule has 0 heterocycles. The fourth-order valence-electron chi connectivity index (χ4n) is 1.71. The standard InChI is InChI=1S/C12H14OS/c13-12(7-8-12)10-3-1-2-4-11(10)14-9-5-6-9/h1-4,9,13H,5-8H2. The topological polar surface area (TPSA) is 20.2 Å². The van der Waals surface area contributed by atoms with Crippen molar-refractivity contribution in [1.29, 1.82) is 0 Å². The van der Waals surface area contributed by atoms with Crippen LogP contribution in [0.1, 0.15) is 31.2 Å². The molecule has 1 nitrogen and oxygen atoms in total. The summed E-state index contributed by atoms with van der Waals surface area (Å²) in [6.45, 7) is 0. The van der Waals surface area contributed by atoms with Gasteiger partial charge in [-0.15, -0.1) is 11.8 Å². The van der Waals surface area contributed by atoms with Crippen LogP contribution in [0.25, 0.3) is 0 Å². The molecule has 0 bridgehead atoms. The molecule has 2 aliphatic rings. The Bertz CT molecular complexity index is 353. The molecular formula is C12H14OS. The second-order valence-corrected chi connectivity index (χ2v) is 5.69. The minimum Gasteiger partial charge on any atom is -0.385 e. The van der Waals surface area contributed by atoms with Crippen molar-refractivity contribution >= 4 is 11.8 Å². The van der Waals surface area contributed by atoms with E-state index in [0.717, 1.165) is 23.7 Å². The number of benzene rings is 1. The third-order valence-corrected chi connectivity index (χ3v) is 4.34. The fraction of sp³-hybridized carbons (Fsp3) is 0.500. The quantitative estimate of drug-likeness (QED) is 0.820. The molecule has 1 aromatic rings. The van der Waals surface area contributed by atoms with Crippen LogP contribution in [-0.2, 0) is 5.60 Å². The Kier molecular flexibility index (Phi) is 1.89. The van der Waals surface area contributed by atoms with E-state index in [1.54, 1.807) is 0 Å². The number of aliphatic hydroxyl groups is 1. The largest absolute Gasteiger partial charge is 0.385 e. The highest BCUT2D eigenvalue weighted by Gasteiger charge is 2.44. The molecule has 1 aromatic carbocycles. The average molecular weight is 206 g/mol. The van der Waals surface area contributed by atoms with Gasteiger partial charge in [0.25, 0.3) is 0 Å². The molecule has 0 atom stereocenters. The SMILES string of the molecule is OC1(c2ccccc2SC2CC2)CC1. The first kappa shape index (κ1) is 8.81. The van der Waals surface area contributed by atoms with E-state index in [0.29, 0.717) is 0 Å². The molecule has 2 fully saturated rings. The van der Waals surface area contributed by atoms with Gasteiger partial charge < -0.3 is 5.11 Å². The number of thioether (sulfide) groups is 1. The zero-order valence-electron chi connectivity index (χ0n) is 8.07. The van der Waals surface area contributed by atoms with E-state index in [4.69, 9.17) is 0 Å². The summed E-state index contributed by atoms with van der Waals surface area (Å²) in [6, 6.07) is 8.33. The normalized spacial score (nSPS) is 23.5. The van der Waals surface area contributed by atoms with Crippen LogP contribution >= 0.6 is 11.8 Å². The molecule has 3 rings (SSSR count). The predicted octanol–water partition coefficient (Wildman–Crippen LogP) is 2.92. The smallest absolute Gasteiger partial charge is 0.0909 e. The predicted molar refractivity (Wildman–Crippen MR) is 58.5 cm³/mol. The molecule has 0 amide bonds. The van der Waals surface area contributed by atoms with Crippen molar-refractivity contribution in [2.75, 3.05) is 0 Å². The van der Waals surface area contributed by atoms with Gasteiger partial charge in [-0.1, -0.05) is 18.2 Å². The zero-order valence-corrected chi connectivity index (χ0v) is 8.89. The van der Waals surface area contributed by atoms with Crippen LogP contribution in [0.3, 0.4) is 0 Å². The van der Waals surface area contributed by atoms with E-state index in [-0.39, 0.29) is 0 Å². The monoisotopic (exact) mass is 206 g/mol. The van der Waals surface area contributed by atoms with Crippen molar-refractivity contribution in [3.8, 4) is 0 Å². The summed E-state index contributed by atoms with van der Waals surface area (Å²) >= 11 is 1.94. The summed E-state index contributed by atoms with van der Waals surface area (Å²) in [5.41, 5.74) is 0.690. The summed E-state index contributed by atoms with van der Waals surface area (Å²) in [5, 5.41) is 10.9. The van der Waals surface area contributed by atoms with E-state index in [1.807, 2.05) is 17.8 Å². The lowest BCUT2D eigenvalue weighted by Gasteiger charge is -2.13. The van der Waals surface area contributed by atoms with Gasteiger partial charge in [-0.2, -0.15) is 0 Å². The molecule has 0 spiro atoms. The molecule has 14 heavy (non-hydrogen) atoms. The lowest BCUT2D eigenvalue weighted by molar-refractivity contribution is 0.148. The van der Waals surface area contributed by atoms with Crippen LogP contribution in [0, 0.1) is 0 Å². The molecular weight excluding hydrogens is 192 g/mol. The lowest BCUT2D eigenvalue weighted by Crippen LogP contribution is -2.05. The van der Waals surface area contributed by atoms with Crippen molar-refractivity contribution in [2.24, 2.45) is 0 Å². The summed E-state index contributed by atoms with van der Waals surface area (Å²) in [6.07, 6.45) is 4.57.